The molecule has 112 valence electrons. The molecule has 5 nitrogen and oxygen atoms in total. The van der Waals surface area contributed by atoms with Gasteiger partial charge in [0, 0.05) is 5.92 Å². The van der Waals surface area contributed by atoms with Crippen LogP contribution in [0, 0.1) is 5.92 Å². The maximum absolute atomic E-state index is 12.3. The Labute approximate surface area is 128 Å². The fourth-order valence-corrected chi connectivity index (χ4v) is 3.59. The van der Waals surface area contributed by atoms with Crippen molar-refractivity contribution in [2.24, 2.45) is 5.92 Å². The third kappa shape index (κ3) is 2.14. The average Bonchev–Trinajstić information content (AvgIpc) is 2.53. The first-order chi connectivity index (χ1) is 10.7. The van der Waals surface area contributed by atoms with Crippen LogP contribution in [0.1, 0.15) is 17.9 Å². The number of hydrogen-bond donors (Lipinski definition) is 3. The summed E-state index contributed by atoms with van der Waals surface area (Å²) in [7, 11) is 0. The zero-order valence-corrected chi connectivity index (χ0v) is 12.0. The van der Waals surface area contributed by atoms with Crippen molar-refractivity contribution in [2.75, 3.05) is 6.54 Å². The first kappa shape index (κ1) is 13.3. The van der Waals surface area contributed by atoms with Gasteiger partial charge >= 0.3 is 6.03 Å². The Kier molecular flexibility index (Phi) is 3.08. The second-order valence-corrected chi connectivity index (χ2v) is 5.92. The Balaban J connectivity index is 1.72. The molecule has 3 amide bonds. The van der Waals surface area contributed by atoms with Gasteiger partial charge in [0.25, 0.3) is 0 Å². The minimum atomic E-state index is -0.419. The second-order valence-electron chi connectivity index (χ2n) is 5.92. The van der Waals surface area contributed by atoms with Crippen LogP contribution in [0.2, 0.25) is 0 Å². The first-order valence-electron chi connectivity index (χ1n) is 7.56. The van der Waals surface area contributed by atoms with Crippen LogP contribution >= 0.6 is 0 Å². The number of carbonyl (C=O) groups is 2. The van der Waals surface area contributed by atoms with Crippen LogP contribution in [0.25, 0.3) is 10.8 Å². The highest BCUT2D eigenvalue weighted by atomic mass is 16.2. The van der Waals surface area contributed by atoms with Crippen molar-refractivity contribution in [1.82, 2.24) is 16.0 Å². The van der Waals surface area contributed by atoms with E-state index in [1.807, 2.05) is 12.1 Å². The maximum Gasteiger partial charge on any atom is 0.322 e. The van der Waals surface area contributed by atoms with Crippen LogP contribution < -0.4 is 16.0 Å². The molecule has 0 saturated carbocycles. The lowest BCUT2D eigenvalue weighted by Gasteiger charge is -2.41. The van der Waals surface area contributed by atoms with Gasteiger partial charge in [-0.1, -0.05) is 42.5 Å². The van der Waals surface area contributed by atoms with E-state index in [1.54, 1.807) is 0 Å². The number of nitrogens with one attached hydrogen (secondary N) is 3. The highest BCUT2D eigenvalue weighted by Crippen LogP contribution is 2.35. The molecule has 0 aromatic heterocycles. The van der Waals surface area contributed by atoms with Gasteiger partial charge in [-0.15, -0.1) is 0 Å². The highest BCUT2D eigenvalue weighted by molar-refractivity contribution is 5.99. The van der Waals surface area contributed by atoms with Crippen molar-refractivity contribution in [3.63, 3.8) is 0 Å². The summed E-state index contributed by atoms with van der Waals surface area (Å²) in [5.41, 5.74) is 1.15. The van der Waals surface area contributed by atoms with Gasteiger partial charge in [0.2, 0.25) is 5.91 Å². The Morgan fingerprint density at radius 2 is 1.82 bits per heavy atom. The van der Waals surface area contributed by atoms with E-state index in [0.717, 1.165) is 18.5 Å². The fraction of sp³-hybridized carbons (Fsp3) is 0.294. The van der Waals surface area contributed by atoms with Crippen LogP contribution in [-0.4, -0.2) is 24.6 Å². The van der Waals surface area contributed by atoms with Crippen molar-refractivity contribution in [2.45, 2.75) is 18.5 Å². The molecule has 3 atom stereocenters. The molecule has 2 aliphatic rings. The van der Waals surface area contributed by atoms with Gasteiger partial charge < -0.3 is 5.32 Å². The molecule has 0 spiro atoms. The fourth-order valence-electron chi connectivity index (χ4n) is 3.59. The summed E-state index contributed by atoms with van der Waals surface area (Å²) in [6, 6.07) is 14.1. The average molecular weight is 295 g/mol. The van der Waals surface area contributed by atoms with Gasteiger partial charge in [-0.3, -0.25) is 15.4 Å². The van der Waals surface area contributed by atoms with E-state index in [4.69, 9.17) is 0 Å². The van der Waals surface area contributed by atoms with E-state index in [-0.39, 0.29) is 23.9 Å². The molecule has 0 radical (unpaired) electrons. The number of hydrogen-bond acceptors (Lipinski definition) is 3. The Morgan fingerprint density at radius 3 is 2.68 bits per heavy atom. The number of fused-ring (bicyclic) bond motifs is 2. The monoisotopic (exact) mass is 295 g/mol. The zero-order chi connectivity index (χ0) is 15.1. The quantitative estimate of drug-likeness (QED) is 0.750. The van der Waals surface area contributed by atoms with Crippen molar-refractivity contribution in [3.8, 4) is 0 Å². The molecular weight excluding hydrogens is 278 g/mol. The summed E-state index contributed by atoms with van der Waals surface area (Å²) in [4.78, 5) is 23.7. The normalized spacial score (nSPS) is 27.9. The van der Waals surface area contributed by atoms with E-state index >= 15 is 0 Å². The summed E-state index contributed by atoms with van der Waals surface area (Å²) >= 11 is 0. The van der Waals surface area contributed by atoms with Gasteiger partial charge in [0.15, 0.2) is 0 Å². The number of carbonyl (C=O) groups excluding carboxylic acids is 2. The molecule has 0 bridgehead atoms. The molecule has 2 fully saturated rings. The summed E-state index contributed by atoms with van der Waals surface area (Å²) in [6.07, 6.45) is 0.592. The molecule has 3 unspecified atom stereocenters. The van der Waals surface area contributed by atoms with E-state index in [9.17, 15) is 9.59 Å². The van der Waals surface area contributed by atoms with Crippen LogP contribution in [0.3, 0.4) is 0 Å². The molecule has 2 aliphatic heterocycles. The van der Waals surface area contributed by atoms with Crippen LogP contribution in [0.15, 0.2) is 42.5 Å². The second kappa shape index (κ2) is 5.10. The topological polar surface area (TPSA) is 70.2 Å². The molecule has 2 aromatic carbocycles. The van der Waals surface area contributed by atoms with Gasteiger partial charge in [-0.25, -0.2) is 4.79 Å². The molecule has 2 aromatic rings. The van der Waals surface area contributed by atoms with Crippen LogP contribution in [-0.2, 0) is 4.79 Å². The van der Waals surface area contributed by atoms with Gasteiger partial charge in [0.05, 0.1) is 12.1 Å². The largest absolute Gasteiger partial charge is 0.322 e. The molecule has 5 heteroatoms. The van der Waals surface area contributed by atoms with Gasteiger partial charge in [-0.2, -0.15) is 0 Å². The number of benzene rings is 2. The third-order valence-corrected chi connectivity index (χ3v) is 4.64. The number of rotatable bonds is 1. The lowest BCUT2D eigenvalue weighted by Crippen LogP contribution is -2.66. The number of urea groups is 1. The maximum atomic E-state index is 12.3. The molecular formula is C17H17N3O2. The molecule has 4 rings (SSSR count). The molecule has 22 heavy (non-hydrogen) atoms. The van der Waals surface area contributed by atoms with Gasteiger partial charge in [-0.05, 0) is 29.3 Å². The SMILES string of the molecule is O=C1NC(=O)C2C(NCCC2c2ccc3ccccc3c2)N1. The Bertz CT molecular complexity index is 758. The highest BCUT2D eigenvalue weighted by Gasteiger charge is 2.43. The van der Waals surface area contributed by atoms with Crippen LogP contribution in [0.4, 0.5) is 4.79 Å². The lowest BCUT2D eigenvalue weighted by molar-refractivity contribution is -0.127. The van der Waals surface area contributed by atoms with Crippen molar-refractivity contribution in [3.05, 3.63) is 48.0 Å². The van der Waals surface area contributed by atoms with E-state index in [0.29, 0.717) is 0 Å². The number of piperidine rings is 1. The van der Waals surface area contributed by atoms with Crippen molar-refractivity contribution in [1.29, 1.82) is 0 Å². The third-order valence-electron chi connectivity index (χ3n) is 4.64. The molecule has 2 heterocycles. The summed E-state index contributed by atoms with van der Waals surface area (Å²) < 4.78 is 0. The lowest BCUT2D eigenvalue weighted by atomic mass is 9.77. The molecule has 0 aliphatic carbocycles. The van der Waals surface area contributed by atoms with Gasteiger partial charge in [0.1, 0.15) is 0 Å². The Morgan fingerprint density at radius 1 is 1.00 bits per heavy atom. The standard InChI is InChI=1S/C17H17N3O2/c21-16-14-13(7-8-18-15(14)19-17(22)20-16)12-6-5-10-3-1-2-4-11(10)9-12/h1-6,9,13-15,18H,7-8H2,(H2,19,20,21,22). The minimum absolute atomic E-state index is 0.108. The summed E-state index contributed by atoms with van der Waals surface area (Å²) in [5, 5.41) is 10.8. The number of amides is 3. The van der Waals surface area contributed by atoms with Crippen molar-refractivity contribution >= 4 is 22.7 Å². The summed E-state index contributed by atoms with van der Waals surface area (Å²) in [6.45, 7) is 0.784. The van der Waals surface area contributed by atoms with E-state index in [2.05, 4.69) is 46.3 Å². The minimum Gasteiger partial charge on any atom is -0.322 e. The molecule has 3 N–H and O–H groups in total. The molecule has 2 saturated heterocycles. The van der Waals surface area contributed by atoms with E-state index < -0.39 is 6.03 Å². The van der Waals surface area contributed by atoms with E-state index in [1.165, 1.54) is 10.8 Å². The predicted octanol–water partition coefficient (Wildman–Crippen LogP) is 1.70. The first-order valence-corrected chi connectivity index (χ1v) is 7.56. The summed E-state index contributed by atoms with van der Waals surface area (Å²) in [5.74, 6) is -0.358. The zero-order valence-electron chi connectivity index (χ0n) is 12.0. The van der Waals surface area contributed by atoms with Crippen LogP contribution in [0.5, 0.6) is 0 Å². The Hall–Kier alpha value is -2.40. The number of imide groups is 1. The smallest absolute Gasteiger partial charge is 0.322 e. The predicted molar refractivity (Wildman–Crippen MR) is 83.3 cm³/mol. The van der Waals surface area contributed by atoms with Crippen molar-refractivity contribution < 1.29 is 9.59 Å².